The minimum Gasteiger partial charge on any atom is -0.426 e. The molecule has 6 heteroatoms. The number of likely N-dealkylation sites (tertiary alicyclic amines) is 2. The van der Waals surface area contributed by atoms with Gasteiger partial charge in [0.15, 0.2) is 0 Å². The molecule has 8 aliphatic rings. The molecule has 0 amide bonds. The van der Waals surface area contributed by atoms with Crippen molar-refractivity contribution in [2.45, 2.75) is 191 Å². The molecule has 2 heterocycles. The Hall–Kier alpha value is -2.70. The van der Waals surface area contributed by atoms with Crippen LogP contribution in [0.2, 0.25) is 0 Å². The van der Waals surface area contributed by atoms with Gasteiger partial charge in [0.25, 0.3) is 0 Å². The van der Waals surface area contributed by atoms with Crippen LogP contribution in [-0.4, -0.2) is 60.0 Å². The summed E-state index contributed by atoms with van der Waals surface area (Å²) in [4.78, 5) is 32.5. The molecule has 8 atom stereocenters. The Kier molecular flexibility index (Phi) is 12.0. The minimum absolute atomic E-state index is 0.0944. The first-order chi connectivity index (χ1) is 29.3. The lowest BCUT2D eigenvalue weighted by Crippen LogP contribution is -2.61. The molecule has 0 spiro atoms. The second kappa shape index (κ2) is 17.5. The van der Waals surface area contributed by atoms with Crippen LogP contribution in [0.3, 0.4) is 0 Å². The topological polar surface area (TPSA) is 59.1 Å². The van der Waals surface area contributed by atoms with Crippen molar-refractivity contribution in [3.63, 3.8) is 0 Å². The number of carbonyl (C=O) groups is 2. The van der Waals surface area contributed by atoms with E-state index in [4.69, 9.17) is 9.47 Å². The summed E-state index contributed by atoms with van der Waals surface area (Å²) in [6.45, 7) is 9.15. The highest BCUT2D eigenvalue weighted by molar-refractivity contribution is 5.75. The molecule has 4 bridgehead atoms. The molecule has 1 unspecified atom stereocenters. The van der Waals surface area contributed by atoms with Gasteiger partial charge in [-0.25, -0.2) is 0 Å². The Morgan fingerprint density at radius 2 is 1.03 bits per heavy atom. The Morgan fingerprint density at radius 1 is 0.583 bits per heavy atom. The Bertz CT molecular complexity index is 1730. The summed E-state index contributed by atoms with van der Waals surface area (Å²) in [5, 5.41) is 0. The molecule has 4 saturated carbocycles. The maximum Gasteiger partial charge on any atom is 0.314 e. The number of rotatable bonds is 15. The SMILES string of the molecule is CC(CCCCCC[C@H](C)C(=O)Oc1ccc2c(c1)[C@@]13CCCC[C@H]1[C@@H](C2)N(CC1CCC1)CC3)C(=O)Oc1ccc2c(c1)[C@@]13CCCC[C@H]1[C@@H](C2)N(CC1CCC1)CC3. The molecule has 6 fully saturated rings. The lowest BCUT2D eigenvalue weighted by Gasteiger charge is -2.59. The van der Waals surface area contributed by atoms with Crippen molar-refractivity contribution >= 4 is 11.9 Å². The normalized spacial score (nSPS) is 32.2. The molecular weight excluding hydrogens is 741 g/mol. The van der Waals surface area contributed by atoms with Gasteiger partial charge in [0.2, 0.25) is 0 Å². The van der Waals surface area contributed by atoms with E-state index in [-0.39, 0.29) is 34.6 Å². The molecule has 2 aromatic carbocycles. The Labute approximate surface area is 362 Å². The predicted octanol–water partition coefficient (Wildman–Crippen LogP) is 11.5. The first-order valence-electron chi connectivity index (χ1n) is 25.5. The van der Waals surface area contributed by atoms with Gasteiger partial charge in [-0.15, -0.1) is 0 Å². The van der Waals surface area contributed by atoms with Crippen LogP contribution in [-0.2, 0) is 33.3 Å². The number of benzene rings is 2. The van der Waals surface area contributed by atoms with Gasteiger partial charge in [-0.3, -0.25) is 19.4 Å². The lowest BCUT2D eigenvalue weighted by molar-refractivity contribution is -0.139. The lowest BCUT2D eigenvalue weighted by atomic mass is 9.52. The Balaban J connectivity index is 0.672. The maximum atomic E-state index is 13.4. The average molecular weight is 817 g/mol. The molecule has 6 nitrogen and oxygen atoms in total. The number of fused-ring (bicyclic) bond motifs is 2. The smallest absolute Gasteiger partial charge is 0.314 e. The van der Waals surface area contributed by atoms with Crippen molar-refractivity contribution in [3.8, 4) is 11.5 Å². The number of esters is 2. The quantitative estimate of drug-likeness (QED) is 0.101. The van der Waals surface area contributed by atoms with Gasteiger partial charge < -0.3 is 9.47 Å². The second-order valence-corrected chi connectivity index (χ2v) is 21.9. The fourth-order valence-corrected chi connectivity index (χ4v) is 14.6. The summed E-state index contributed by atoms with van der Waals surface area (Å²) in [6.07, 6.45) is 29.9. The van der Waals surface area contributed by atoms with Crippen LogP contribution in [0, 0.1) is 35.5 Å². The fraction of sp³-hybridized carbons (Fsp3) is 0.741. The number of carbonyl (C=O) groups excluding carboxylic acids is 2. The summed E-state index contributed by atoms with van der Waals surface area (Å²) in [5.74, 6) is 4.41. The summed E-state index contributed by atoms with van der Waals surface area (Å²) >= 11 is 0. The van der Waals surface area contributed by atoms with E-state index < -0.39 is 0 Å². The van der Waals surface area contributed by atoms with Crippen LogP contribution in [0.15, 0.2) is 36.4 Å². The molecule has 326 valence electrons. The zero-order valence-corrected chi connectivity index (χ0v) is 37.4. The molecule has 2 aromatic rings. The molecule has 10 rings (SSSR count). The highest BCUT2D eigenvalue weighted by atomic mass is 16.5. The molecule has 6 aliphatic carbocycles. The zero-order valence-electron chi connectivity index (χ0n) is 37.4. The second-order valence-electron chi connectivity index (χ2n) is 21.9. The highest BCUT2D eigenvalue weighted by Crippen LogP contribution is 2.58. The third-order valence-corrected chi connectivity index (χ3v) is 18.5. The van der Waals surface area contributed by atoms with Crippen molar-refractivity contribution in [1.29, 1.82) is 0 Å². The summed E-state index contributed by atoms with van der Waals surface area (Å²) in [7, 11) is 0. The summed E-state index contributed by atoms with van der Waals surface area (Å²) < 4.78 is 12.3. The average Bonchev–Trinajstić information content (AvgIpc) is 3.23. The van der Waals surface area contributed by atoms with E-state index in [1.807, 2.05) is 13.8 Å². The number of ether oxygens (including phenoxy) is 2. The third-order valence-electron chi connectivity index (χ3n) is 18.5. The number of unbranched alkanes of at least 4 members (excludes halogenated alkanes) is 3. The van der Waals surface area contributed by atoms with Crippen LogP contribution in [0.4, 0.5) is 0 Å². The zero-order chi connectivity index (χ0) is 40.8. The summed E-state index contributed by atoms with van der Waals surface area (Å²) in [5.41, 5.74) is 6.58. The monoisotopic (exact) mass is 817 g/mol. The largest absolute Gasteiger partial charge is 0.426 e. The van der Waals surface area contributed by atoms with Gasteiger partial charge in [-0.05, 0) is 173 Å². The summed E-state index contributed by atoms with van der Waals surface area (Å²) in [6, 6.07) is 14.7. The van der Waals surface area contributed by atoms with Crippen LogP contribution >= 0.6 is 0 Å². The fourth-order valence-electron chi connectivity index (χ4n) is 14.6. The van der Waals surface area contributed by atoms with Crippen molar-refractivity contribution in [2.24, 2.45) is 35.5 Å². The minimum atomic E-state index is -0.125. The van der Waals surface area contributed by atoms with E-state index in [1.165, 1.54) is 151 Å². The van der Waals surface area contributed by atoms with Gasteiger partial charge in [-0.1, -0.05) is 90.2 Å². The van der Waals surface area contributed by atoms with Crippen molar-refractivity contribution in [2.75, 3.05) is 26.2 Å². The number of hydrogen-bond acceptors (Lipinski definition) is 6. The van der Waals surface area contributed by atoms with E-state index in [0.29, 0.717) is 12.1 Å². The van der Waals surface area contributed by atoms with Crippen molar-refractivity contribution in [1.82, 2.24) is 9.80 Å². The van der Waals surface area contributed by atoms with Gasteiger partial charge in [0.05, 0.1) is 11.8 Å². The molecule has 2 saturated heterocycles. The van der Waals surface area contributed by atoms with E-state index in [0.717, 1.165) is 86.5 Å². The van der Waals surface area contributed by atoms with E-state index in [2.05, 4.69) is 46.2 Å². The van der Waals surface area contributed by atoms with Crippen LogP contribution in [0.5, 0.6) is 11.5 Å². The number of hydrogen-bond donors (Lipinski definition) is 0. The maximum absolute atomic E-state index is 13.4. The van der Waals surface area contributed by atoms with Crippen LogP contribution in [0.1, 0.15) is 177 Å². The molecule has 0 radical (unpaired) electrons. The van der Waals surface area contributed by atoms with Crippen LogP contribution < -0.4 is 9.47 Å². The molecule has 0 aromatic heterocycles. The van der Waals surface area contributed by atoms with Gasteiger partial charge >= 0.3 is 11.9 Å². The molecule has 0 N–H and O–H groups in total. The van der Waals surface area contributed by atoms with E-state index in [9.17, 15) is 9.59 Å². The standard InChI is InChI=1S/C54H76N2O4/c1-37(51(57)59-43-23-21-41-31-49-45-19-7-9-25-53(45,47(41)33-43)27-29-55(49)35-39-15-11-16-39)13-5-3-4-6-14-38(2)52(58)60-44-24-22-42-32-50-46-20-8-10-26-54(46,48(42)34-44)28-30-56(50)36-40-17-12-18-40/h21-24,33-34,37-40,45-46,49-50H,3-20,25-32,35-36H2,1-2H3/t37-,38?,45-,46-,49+,50+,53+,54+/m0/s1. The van der Waals surface area contributed by atoms with Crippen molar-refractivity contribution < 1.29 is 19.1 Å². The highest BCUT2D eigenvalue weighted by Gasteiger charge is 2.55. The van der Waals surface area contributed by atoms with E-state index in [1.54, 1.807) is 0 Å². The van der Waals surface area contributed by atoms with E-state index >= 15 is 0 Å². The molecular formula is C54H76N2O4. The molecule has 2 aliphatic heterocycles. The first kappa shape index (κ1) is 41.3. The Morgan fingerprint density at radius 3 is 1.45 bits per heavy atom. The van der Waals surface area contributed by atoms with Gasteiger partial charge in [0, 0.05) is 36.0 Å². The number of piperidine rings is 2. The van der Waals surface area contributed by atoms with Crippen LogP contribution in [0.25, 0.3) is 0 Å². The van der Waals surface area contributed by atoms with Gasteiger partial charge in [-0.2, -0.15) is 0 Å². The third kappa shape index (κ3) is 7.83. The first-order valence-corrected chi connectivity index (χ1v) is 25.5. The van der Waals surface area contributed by atoms with Gasteiger partial charge in [0.1, 0.15) is 11.5 Å². The van der Waals surface area contributed by atoms with Crippen molar-refractivity contribution in [3.05, 3.63) is 58.7 Å². The molecule has 60 heavy (non-hydrogen) atoms. The number of nitrogens with zero attached hydrogens (tertiary/aromatic N) is 2. The predicted molar refractivity (Wildman–Crippen MR) is 240 cm³/mol.